The molecule has 0 saturated heterocycles. The number of carbonyl (C=O) groups is 2. The van der Waals surface area contributed by atoms with Crippen molar-refractivity contribution >= 4 is 23.5 Å². The standard InChI is InChI=1S/C17H12N2O4/c20-16(21)12(17(22)23)10-13-14-8-4-5-9-19(14)15(18-13)11-6-2-1-3-7-11/h1-10H,(H,20,21)(H,22,23)/p-2. The second-order valence-corrected chi connectivity index (χ2v) is 4.78. The van der Waals surface area contributed by atoms with Crippen LogP contribution in [0.15, 0.2) is 60.3 Å². The maximum Gasteiger partial charge on any atom is 0.145 e. The number of carboxylic acids is 2. The maximum absolute atomic E-state index is 10.9. The predicted octanol–water partition coefficient (Wildman–Crippen LogP) is -0.116. The second kappa shape index (κ2) is 5.76. The smallest absolute Gasteiger partial charge is 0.145 e. The summed E-state index contributed by atoms with van der Waals surface area (Å²) in [6.07, 6.45) is 2.71. The van der Waals surface area contributed by atoms with Gasteiger partial charge in [-0.1, -0.05) is 36.4 Å². The third kappa shape index (κ3) is 2.69. The summed E-state index contributed by atoms with van der Waals surface area (Å²) in [5, 5.41) is 21.8. The van der Waals surface area contributed by atoms with Gasteiger partial charge in [-0.25, -0.2) is 4.98 Å². The zero-order valence-electron chi connectivity index (χ0n) is 11.8. The topological polar surface area (TPSA) is 97.6 Å². The Hall–Kier alpha value is -3.41. The number of fused-ring (bicyclic) bond motifs is 1. The average Bonchev–Trinajstić information content (AvgIpc) is 2.91. The predicted molar refractivity (Wildman–Crippen MR) is 78.6 cm³/mol. The first-order chi connectivity index (χ1) is 11.1. The lowest BCUT2D eigenvalue weighted by molar-refractivity contribution is -0.311. The number of hydrogen-bond acceptors (Lipinski definition) is 5. The Balaban J connectivity index is 2.26. The van der Waals surface area contributed by atoms with Crippen molar-refractivity contribution in [2.75, 3.05) is 0 Å². The van der Waals surface area contributed by atoms with Crippen LogP contribution >= 0.6 is 0 Å². The van der Waals surface area contributed by atoms with Crippen molar-refractivity contribution in [1.82, 2.24) is 9.38 Å². The molecule has 0 amide bonds. The van der Waals surface area contributed by atoms with Crippen molar-refractivity contribution in [3.8, 4) is 11.4 Å². The van der Waals surface area contributed by atoms with Crippen LogP contribution in [0.1, 0.15) is 5.69 Å². The van der Waals surface area contributed by atoms with Gasteiger partial charge in [-0.15, -0.1) is 0 Å². The molecule has 3 aromatic rings. The quantitative estimate of drug-likeness (QED) is 0.380. The zero-order chi connectivity index (χ0) is 16.4. The Kier molecular flexibility index (Phi) is 3.64. The van der Waals surface area contributed by atoms with E-state index in [1.807, 2.05) is 30.3 Å². The van der Waals surface area contributed by atoms with Crippen molar-refractivity contribution < 1.29 is 19.8 Å². The molecule has 1 aromatic carbocycles. The molecule has 2 heterocycles. The fourth-order valence-electron chi connectivity index (χ4n) is 2.30. The first kappa shape index (κ1) is 14.5. The van der Waals surface area contributed by atoms with Gasteiger partial charge in [0.1, 0.15) is 5.82 Å². The molecule has 0 atom stereocenters. The van der Waals surface area contributed by atoms with Gasteiger partial charge in [0, 0.05) is 17.3 Å². The Morgan fingerprint density at radius 1 is 0.957 bits per heavy atom. The maximum atomic E-state index is 10.9. The third-order valence-corrected chi connectivity index (χ3v) is 3.33. The Morgan fingerprint density at radius 3 is 2.26 bits per heavy atom. The molecule has 6 heteroatoms. The molecule has 6 nitrogen and oxygen atoms in total. The summed E-state index contributed by atoms with van der Waals surface area (Å²) in [5.41, 5.74) is 0.657. The summed E-state index contributed by atoms with van der Waals surface area (Å²) in [5.74, 6) is -3.06. The SMILES string of the molecule is O=C([O-])C(=Cc1nc(-c2ccccc2)n2ccccc12)C(=O)[O-]. The van der Waals surface area contributed by atoms with Gasteiger partial charge < -0.3 is 19.8 Å². The first-order valence-corrected chi connectivity index (χ1v) is 6.75. The minimum absolute atomic E-state index is 0.216. The number of aliphatic carboxylic acids is 2. The minimum Gasteiger partial charge on any atom is -0.545 e. The fourth-order valence-corrected chi connectivity index (χ4v) is 2.30. The van der Waals surface area contributed by atoms with Crippen LogP contribution in [0.25, 0.3) is 23.0 Å². The summed E-state index contributed by atoms with van der Waals surface area (Å²) in [4.78, 5) is 26.2. The number of carboxylic acid groups (broad SMARTS) is 2. The van der Waals surface area contributed by atoms with Crippen LogP contribution in [-0.4, -0.2) is 21.3 Å². The van der Waals surface area contributed by atoms with Crippen molar-refractivity contribution in [3.63, 3.8) is 0 Å². The molecule has 2 aromatic heterocycles. The Labute approximate surface area is 131 Å². The van der Waals surface area contributed by atoms with Crippen LogP contribution in [0.3, 0.4) is 0 Å². The number of carbonyl (C=O) groups excluding carboxylic acids is 2. The molecule has 3 rings (SSSR count). The van der Waals surface area contributed by atoms with Gasteiger partial charge in [-0.05, 0) is 18.2 Å². The highest BCUT2D eigenvalue weighted by Crippen LogP contribution is 2.24. The minimum atomic E-state index is -1.82. The van der Waals surface area contributed by atoms with Gasteiger partial charge in [0.05, 0.1) is 23.1 Å². The van der Waals surface area contributed by atoms with Crippen LogP contribution in [0.5, 0.6) is 0 Å². The van der Waals surface area contributed by atoms with Crippen molar-refractivity contribution in [2.45, 2.75) is 0 Å². The number of rotatable bonds is 4. The lowest BCUT2D eigenvalue weighted by atomic mass is 10.2. The van der Waals surface area contributed by atoms with Gasteiger partial charge >= 0.3 is 0 Å². The van der Waals surface area contributed by atoms with E-state index in [2.05, 4.69) is 4.98 Å². The number of imidazole rings is 1. The van der Waals surface area contributed by atoms with E-state index in [1.165, 1.54) is 0 Å². The van der Waals surface area contributed by atoms with Crippen molar-refractivity contribution in [2.24, 2.45) is 0 Å². The van der Waals surface area contributed by atoms with Gasteiger partial charge in [-0.3, -0.25) is 4.40 Å². The molecule has 0 radical (unpaired) electrons. The number of benzene rings is 1. The summed E-state index contributed by atoms with van der Waals surface area (Å²) in [6, 6.07) is 14.5. The number of aromatic nitrogens is 2. The number of pyridine rings is 1. The monoisotopic (exact) mass is 306 g/mol. The molecule has 23 heavy (non-hydrogen) atoms. The number of nitrogens with zero attached hydrogens (tertiary/aromatic N) is 2. The van der Waals surface area contributed by atoms with E-state index >= 15 is 0 Å². The Morgan fingerprint density at radius 2 is 1.61 bits per heavy atom. The molecule has 0 aliphatic heterocycles. The Bertz CT molecular complexity index is 910. The highest BCUT2D eigenvalue weighted by Gasteiger charge is 2.12. The molecule has 0 bridgehead atoms. The third-order valence-electron chi connectivity index (χ3n) is 3.33. The fraction of sp³-hybridized carbons (Fsp3) is 0. The van der Waals surface area contributed by atoms with E-state index in [0.29, 0.717) is 11.3 Å². The lowest BCUT2D eigenvalue weighted by Crippen LogP contribution is -2.36. The summed E-state index contributed by atoms with van der Waals surface area (Å²) in [6.45, 7) is 0. The summed E-state index contributed by atoms with van der Waals surface area (Å²) in [7, 11) is 0. The van der Waals surface area contributed by atoms with Crippen LogP contribution in [0.4, 0.5) is 0 Å². The molecule has 0 fully saturated rings. The number of hydrogen-bond donors (Lipinski definition) is 0. The first-order valence-electron chi connectivity index (χ1n) is 6.75. The molecule has 0 saturated carbocycles. The van der Waals surface area contributed by atoms with Crippen LogP contribution in [0.2, 0.25) is 0 Å². The van der Waals surface area contributed by atoms with E-state index in [9.17, 15) is 19.8 Å². The van der Waals surface area contributed by atoms with E-state index in [4.69, 9.17) is 0 Å². The zero-order valence-corrected chi connectivity index (χ0v) is 11.8. The summed E-state index contributed by atoms with van der Waals surface area (Å²) < 4.78 is 1.75. The lowest BCUT2D eigenvalue weighted by Gasteiger charge is -2.08. The van der Waals surface area contributed by atoms with Gasteiger partial charge in [0.25, 0.3) is 0 Å². The summed E-state index contributed by atoms with van der Waals surface area (Å²) >= 11 is 0. The highest BCUT2D eigenvalue weighted by molar-refractivity contribution is 6.15. The molecule has 0 spiro atoms. The van der Waals surface area contributed by atoms with Gasteiger partial charge in [-0.2, -0.15) is 0 Å². The van der Waals surface area contributed by atoms with Crippen LogP contribution < -0.4 is 10.2 Å². The van der Waals surface area contributed by atoms with Crippen LogP contribution in [-0.2, 0) is 9.59 Å². The average molecular weight is 306 g/mol. The van der Waals surface area contributed by atoms with Crippen molar-refractivity contribution in [3.05, 3.63) is 66.0 Å². The van der Waals surface area contributed by atoms with Gasteiger partial charge in [0.15, 0.2) is 0 Å². The van der Waals surface area contributed by atoms with Crippen LogP contribution in [0, 0.1) is 0 Å². The van der Waals surface area contributed by atoms with E-state index in [1.54, 1.807) is 28.8 Å². The second-order valence-electron chi connectivity index (χ2n) is 4.78. The van der Waals surface area contributed by atoms with E-state index < -0.39 is 17.5 Å². The normalized spacial score (nSPS) is 10.4. The molecule has 114 valence electrons. The molecule has 0 unspecified atom stereocenters. The van der Waals surface area contributed by atoms with E-state index in [0.717, 1.165) is 11.6 Å². The molecule has 0 aliphatic carbocycles. The molecule has 0 aliphatic rings. The molecule has 0 N–H and O–H groups in total. The largest absolute Gasteiger partial charge is 0.545 e. The molecular weight excluding hydrogens is 296 g/mol. The molecular formula is C17H10N2O4-2. The van der Waals surface area contributed by atoms with Crippen molar-refractivity contribution in [1.29, 1.82) is 0 Å². The van der Waals surface area contributed by atoms with Gasteiger partial charge in [0.2, 0.25) is 0 Å². The van der Waals surface area contributed by atoms with E-state index in [-0.39, 0.29) is 5.69 Å². The highest BCUT2D eigenvalue weighted by atomic mass is 16.4.